The minimum Gasteiger partial charge on any atom is -0.387 e. The summed E-state index contributed by atoms with van der Waals surface area (Å²) in [6, 6.07) is 7.74. The summed E-state index contributed by atoms with van der Waals surface area (Å²) in [5.41, 5.74) is 2.64. The van der Waals surface area contributed by atoms with Gasteiger partial charge in [0.1, 0.15) is 0 Å². The molecule has 0 unspecified atom stereocenters. The van der Waals surface area contributed by atoms with Crippen LogP contribution in [0.2, 0.25) is 0 Å². The lowest BCUT2D eigenvalue weighted by molar-refractivity contribution is 0.0952. The minimum atomic E-state index is -0.0651. The van der Waals surface area contributed by atoms with Crippen LogP contribution in [0.25, 0.3) is 0 Å². The predicted molar refractivity (Wildman–Crippen MR) is 83.9 cm³/mol. The van der Waals surface area contributed by atoms with E-state index >= 15 is 0 Å². The smallest absolute Gasteiger partial charge is 0.253 e. The van der Waals surface area contributed by atoms with Crippen molar-refractivity contribution < 1.29 is 4.79 Å². The largest absolute Gasteiger partial charge is 0.387 e. The van der Waals surface area contributed by atoms with E-state index in [-0.39, 0.29) is 5.91 Å². The molecule has 0 aliphatic carbocycles. The van der Waals surface area contributed by atoms with Crippen molar-refractivity contribution in [2.24, 2.45) is 0 Å². The fourth-order valence-corrected chi connectivity index (χ4v) is 3.20. The number of nitrogens with one attached hydrogen (secondary N) is 2. The van der Waals surface area contributed by atoms with E-state index in [0.717, 1.165) is 20.6 Å². The molecule has 2 N–H and O–H groups in total. The van der Waals surface area contributed by atoms with Crippen molar-refractivity contribution in [2.45, 2.75) is 13.5 Å². The number of rotatable bonds is 4. The molecule has 2 rings (SSSR count). The number of amides is 1. The Morgan fingerprint density at radius 2 is 2.16 bits per heavy atom. The van der Waals surface area contributed by atoms with Crippen LogP contribution in [-0.4, -0.2) is 13.0 Å². The first-order valence-corrected chi connectivity index (χ1v) is 7.57. The molecule has 0 aliphatic rings. The Morgan fingerprint density at radius 3 is 2.79 bits per heavy atom. The number of anilines is 1. The zero-order valence-electron chi connectivity index (χ0n) is 10.8. The summed E-state index contributed by atoms with van der Waals surface area (Å²) >= 11 is 5.08. The molecule has 0 atom stereocenters. The van der Waals surface area contributed by atoms with Gasteiger partial charge in [0.15, 0.2) is 0 Å². The highest BCUT2D eigenvalue weighted by molar-refractivity contribution is 9.10. The molecule has 3 nitrogen and oxygen atoms in total. The third kappa shape index (κ3) is 3.36. The van der Waals surface area contributed by atoms with Crippen LogP contribution in [0.3, 0.4) is 0 Å². The maximum Gasteiger partial charge on any atom is 0.253 e. The van der Waals surface area contributed by atoms with Crippen LogP contribution in [0.15, 0.2) is 34.1 Å². The summed E-state index contributed by atoms with van der Waals surface area (Å²) < 4.78 is 1.04. The fraction of sp³-hybridized carbons (Fsp3) is 0.214. The van der Waals surface area contributed by atoms with E-state index in [9.17, 15) is 4.79 Å². The van der Waals surface area contributed by atoms with E-state index in [4.69, 9.17) is 0 Å². The van der Waals surface area contributed by atoms with Crippen LogP contribution in [0, 0.1) is 6.92 Å². The molecule has 0 radical (unpaired) electrons. The highest BCUT2D eigenvalue weighted by Gasteiger charge is 2.11. The number of thiophene rings is 1. The molecule has 0 fully saturated rings. The number of carbonyl (C=O) groups excluding carboxylic acids is 1. The van der Waals surface area contributed by atoms with E-state index in [1.807, 2.05) is 43.6 Å². The Hall–Kier alpha value is -1.33. The molecule has 1 amide bonds. The van der Waals surface area contributed by atoms with Crippen molar-refractivity contribution in [3.8, 4) is 0 Å². The molecule has 0 spiro atoms. The van der Waals surface area contributed by atoms with Crippen LogP contribution in [0.5, 0.6) is 0 Å². The molecule has 1 aromatic heterocycles. The van der Waals surface area contributed by atoms with Gasteiger partial charge in [-0.15, -0.1) is 11.3 Å². The molecule has 100 valence electrons. The molecule has 0 saturated carbocycles. The summed E-state index contributed by atoms with van der Waals surface area (Å²) in [7, 11) is 1.82. The van der Waals surface area contributed by atoms with Crippen molar-refractivity contribution >= 4 is 38.9 Å². The molecule has 19 heavy (non-hydrogen) atoms. The van der Waals surface area contributed by atoms with E-state index in [1.165, 1.54) is 0 Å². The van der Waals surface area contributed by atoms with Gasteiger partial charge >= 0.3 is 0 Å². The first kappa shape index (κ1) is 14.1. The third-order valence-electron chi connectivity index (χ3n) is 2.79. The van der Waals surface area contributed by atoms with Crippen LogP contribution in [0.4, 0.5) is 5.69 Å². The molecule has 1 aromatic carbocycles. The van der Waals surface area contributed by atoms with Crippen molar-refractivity contribution in [3.63, 3.8) is 0 Å². The number of hydrogen-bond donors (Lipinski definition) is 2. The Morgan fingerprint density at radius 1 is 1.37 bits per heavy atom. The van der Waals surface area contributed by atoms with Gasteiger partial charge in [0.05, 0.1) is 12.1 Å². The van der Waals surface area contributed by atoms with Crippen molar-refractivity contribution in [1.82, 2.24) is 5.32 Å². The van der Waals surface area contributed by atoms with E-state index in [2.05, 4.69) is 26.6 Å². The monoisotopic (exact) mass is 338 g/mol. The highest BCUT2D eigenvalue weighted by atomic mass is 79.9. The number of hydrogen-bond acceptors (Lipinski definition) is 3. The van der Waals surface area contributed by atoms with Gasteiger partial charge in [-0.05, 0) is 52.0 Å². The van der Waals surface area contributed by atoms with Gasteiger partial charge < -0.3 is 10.6 Å². The van der Waals surface area contributed by atoms with E-state index in [1.54, 1.807) is 11.3 Å². The third-order valence-corrected chi connectivity index (χ3v) is 4.72. The fourth-order valence-electron chi connectivity index (χ4n) is 1.77. The zero-order chi connectivity index (χ0) is 13.8. The molecule has 0 bridgehead atoms. The highest BCUT2D eigenvalue weighted by Crippen LogP contribution is 2.23. The van der Waals surface area contributed by atoms with Crippen LogP contribution in [0.1, 0.15) is 20.8 Å². The van der Waals surface area contributed by atoms with Crippen LogP contribution < -0.4 is 10.6 Å². The standard InChI is InChI=1S/C14H15BrN2OS/c1-9-3-4-10(12(7-9)16-2)14(18)17-8-13-11(15)5-6-19-13/h3-7,16H,8H2,1-2H3,(H,17,18). The summed E-state index contributed by atoms with van der Waals surface area (Å²) in [4.78, 5) is 13.3. The Labute approximate surface area is 125 Å². The topological polar surface area (TPSA) is 41.1 Å². The van der Waals surface area contributed by atoms with E-state index < -0.39 is 0 Å². The van der Waals surface area contributed by atoms with Gasteiger partial charge in [0.25, 0.3) is 5.91 Å². The SMILES string of the molecule is CNc1cc(C)ccc1C(=O)NCc1sccc1Br. The lowest BCUT2D eigenvalue weighted by atomic mass is 10.1. The predicted octanol–water partition coefficient (Wildman–Crippen LogP) is 3.79. The van der Waals surface area contributed by atoms with Crippen molar-refractivity contribution in [1.29, 1.82) is 0 Å². The Kier molecular flexibility index (Phi) is 4.61. The second-order valence-electron chi connectivity index (χ2n) is 4.17. The van der Waals surface area contributed by atoms with Crippen LogP contribution >= 0.6 is 27.3 Å². The Balaban J connectivity index is 2.10. The van der Waals surface area contributed by atoms with Gasteiger partial charge in [-0.3, -0.25) is 4.79 Å². The summed E-state index contributed by atoms with van der Waals surface area (Å²) in [6.07, 6.45) is 0. The summed E-state index contributed by atoms with van der Waals surface area (Å²) in [5, 5.41) is 7.99. The first-order valence-electron chi connectivity index (χ1n) is 5.90. The van der Waals surface area contributed by atoms with E-state index in [0.29, 0.717) is 12.1 Å². The lowest BCUT2D eigenvalue weighted by Gasteiger charge is -2.10. The average molecular weight is 339 g/mol. The number of benzene rings is 1. The van der Waals surface area contributed by atoms with Crippen molar-refractivity contribution in [2.75, 3.05) is 12.4 Å². The quantitative estimate of drug-likeness (QED) is 0.890. The minimum absolute atomic E-state index is 0.0651. The molecular weight excluding hydrogens is 324 g/mol. The average Bonchev–Trinajstić information content (AvgIpc) is 2.81. The number of carbonyl (C=O) groups is 1. The molecule has 5 heteroatoms. The van der Waals surface area contributed by atoms with Crippen LogP contribution in [-0.2, 0) is 6.54 Å². The molecule has 0 saturated heterocycles. The molecule has 0 aliphatic heterocycles. The lowest BCUT2D eigenvalue weighted by Crippen LogP contribution is -2.23. The second kappa shape index (κ2) is 6.21. The zero-order valence-corrected chi connectivity index (χ0v) is 13.2. The van der Waals surface area contributed by atoms with Gasteiger partial charge in [0, 0.05) is 22.1 Å². The normalized spacial score (nSPS) is 10.3. The Bertz CT molecular complexity index is 595. The van der Waals surface area contributed by atoms with Gasteiger partial charge in [-0.2, -0.15) is 0 Å². The summed E-state index contributed by atoms with van der Waals surface area (Å²) in [5.74, 6) is -0.0651. The molecular formula is C14H15BrN2OS. The van der Waals surface area contributed by atoms with Gasteiger partial charge in [-0.25, -0.2) is 0 Å². The maximum absolute atomic E-state index is 12.2. The van der Waals surface area contributed by atoms with Gasteiger partial charge in [-0.1, -0.05) is 6.07 Å². The number of halogens is 1. The molecule has 2 aromatic rings. The van der Waals surface area contributed by atoms with Gasteiger partial charge in [0.2, 0.25) is 0 Å². The summed E-state index contributed by atoms with van der Waals surface area (Å²) in [6.45, 7) is 2.54. The van der Waals surface area contributed by atoms with Crippen molar-refractivity contribution in [3.05, 3.63) is 50.1 Å². The second-order valence-corrected chi connectivity index (χ2v) is 6.03. The first-order chi connectivity index (χ1) is 9.11. The maximum atomic E-state index is 12.2. The molecule has 1 heterocycles. The number of aryl methyl sites for hydroxylation is 1.